The average molecular weight is 230 g/mol. The number of hydrogen-bond donors (Lipinski definition) is 3. The number of carbonyl (C=O) groups is 1. The van der Waals surface area contributed by atoms with Crippen molar-refractivity contribution in [2.24, 2.45) is 17.1 Å². The summed E-state index contributed by atoms with van der Waals surface area (Å²) in [5.74, 6) is 0.155. The van der Waals surface area contributed by atoms with Crippen molar-refractivity contribution in [2.45, 2.75) is 53.1 Å². The Labute approximate surface area is 98.6 Å². The highest BCUT2D eigenvalue weighted by atomic mass is 16.3. The first-order valence-corrected chi connectivity index (χ1v) is 5.87. The number of aliphatic hydroxyl groups is 1. The smallest absolute Gasteiger partial charge is 0.237 e. The zero-order valence-electron chi connectivity index (χ0n) is 11.1. The van der Waals surface area contributed by atoms with Crippen LogP contribution in [0, 0.1) is 11.3 Å². The SMILES string of the molecule is CC(C)C(CCO)NC(=O)[C@@H](N)C(C)(C)C. The van der Waals surface area contributed by atoms with Gasteiger partial charge in [-0.25, -0.2) is 0 Å². The molecule has 0 aliphatic heterocycles. The number of carbonyl (C=O) groups excluding carboxylic acids is 1. The molecular weight excluding hydrogens is 204 g/mol. The van der Waals surface area contributed by atoms with Crippen LogP contribution in [0.25, 0.3) is 0 Å². The van der Waals surface area contributed by atoms with E-state index in [1.165, 1.54) is 0 Å². The first-order valence-electron chi connectivity index (χ1n) is 5.87. The van der Waals surface area contributed by atoms with Gasteiger partial charge in [0.05, 0.1) is 6.04 Å². The fourth-order valence-electron chi connectivity index (χ4n) is 1.38. The molecule has 0 rings (SSSR count). The van der Waals surface area contributed by atoms with Crippen LogP contribution in [0.3, 0.4) is 0 Å². The first kappa shape index (κ1) is 15.4. The lowest BCUT2D eigenvalue weighted by molar-refractivity contribution is -0.125. The third-order valence-corrected chi connectivity index (χ3v) is 2.79. The number of amides is 1. The van der Waals surface area contributed by atoms with Crippen LogP contribution in [0.2, 0.25) is 0 Å². The minimum Gasteiger partial charge on any atom is -0.396 e. The van der Waals surface area contributed by atoms with E-state index < -0.39 is 6.04 Å². The van der Waals surface area contributed by atoms with Crippen molar-refractivity contribution in [3.8, 4) is 0 Å². The zero-order valence-corrected chi connectivity index (χ0v) is 11.1. The maximum absolute atomic E-state index is 11.9. The molecule has 0 heterocycles. The van der Waals surface area contributed by atoms with Crippen LogP contribution in [0.4, 0.5) is 0 Å². The second-order valence-electron chi connectivity index (χ2n) is 5.72. The van der Waals surface area contributed by atoms with Gasteiger partial charge >= 0.3 is 0 Å². The van der Waals surface area contributed by atoms with Gasteiger partial charge in [0.2, 0.25) is 5.91 Å². The third kappa shape index (κ3) is 4.94. The summed E-state index contributed by atoms with van der Waals surface area (Å²) >= 11 is 0. The highest BCUT2D eigenvalue weighted by Crippen LogP contribution is 2.18. The van der Waals surface area contributed by atoms with Gasteiger partial charge in [-0.05, 0) is 17.8 Å². The Morgan fingerprint density at radius 3 is 2.19 bits per heavy atom. The van der Waals surface area contributed by atoms with Gasteiger partial charge in [-0.1, -0.05) is 34.6 Å². The van der Waals surface area contributed by atoms with Gasteiger partial charge in [-0.3, -0.25) is 4.79 Å². The molecule has 0 aromatic heterocycles. The minimum absolute atomic E-state index is 0.00843. The Kier molecular flexibility index (Phi) is 5.97. The summed E-state index contributed by atoms with van der Waals surface area (Å²) in [5.41, 5.74) is 5.62. The van der Waals surface area contributed by atoms with E-state index >= 15 is 0 Å². The molecule has 96 valence electrons. The highest BCUT2D eigenvalue weighted by molar-refractivity contribution is 5.82. The Hall–Kier alpha value is -0.610. The molecule has 4 N–H and O–H groups in total. The summed E-state index contributed by atoms with van der Waals surface area (Å²) in [4.78, 5) is 11.9. The second kappa shape index (κ2) is 6.21. The van der Waals surface area contributed by atoms with Crippen molar-refractivity contribution in [1.29, 1.82) is 0 Å². The van der Waals surface area contributed by atoms with E-state index in [0.29, 0.717) is 12.3 Å². The topological polar surface area (TPSA) is 75.3 Å². The maximum Gasteiger partial charge on any atom is 0.237 e. The summed E-state index contributed by atoms with van der Waals surface area (Å²) in [7, 11) is 0. The number of rotatable bonds is 5. The zero-order chi connectivity index (χ0) is 12.9. The van der Waals surface area contributed by atoms with Gasteiger partial charge in [0.15, 0.2) is 0 Å². The lowest BCUT2D eigenvalue weighted by atomic mass is 9.86. The molecule has 0 bridgehead atoms. The number of hydrogen-bond acceptors (Lipinski definition) is 3. The van der Waals surface area contributed by atoms with E-state index in [9.17, 15) is 4.79 Å². The predicted molar refractivity (Wildman–Crippen MR) is 65.9 cm³/mol. The molecule has 0 fully saturated rings. The molecule has 0 radical (unpaired) electrons. The van der Waals surface area contributed by atoms with Crippen molar-refractivity contribution in [3.63, 3.8) is 0 Å². The van der Waals surface area contributed by atoms with Gasteiger partial charge in [-0.15, -0.1) is 0 Å². The molecule has 2 atom stereocenters. The molecule has 0 saturated carbocycles. The Balaban J connectivity index is 4.40. The van der Waals surface area contributed by atoms with Crippen LogP contribution < -0.4 is 11.1 Å². The van der Waals surface area contributed by atoms with Crippen LogP contribution in [-0.2, 0) is 4.79 Å². The van der Waals surface area contributed by atoms with Gasteiger partial charge in [0, 0.05) is 12.6 Å². The molecule has 0 aliphatic rings. The minimum atomic E-state index is -0.521. The fraction of sp³-hybridized carbons (Fsp3) is 0.917. The monoisotopic (exact) mass is 230 g/mol. The molecule has 0 spiro atoms. The van der Waals surface area contributed by atoms with Gasteiger partial charge in [-0.2, -0.15) is 0 Å². The second-order valence-corrected chi connectivity index (χ2v) is 5.72. The largest absolute Gasteiger partial charge is 0.396 e. The lowest BCUT2D eigenvalue weighted by Gasteiger charge is -2.29. The molecule has 1 amide bonds. The molecule has 0 aromatic rings. The molecule has 0 saturated heterocycles. The molecule has 16 heavy (non-hydrogen) atoms. The molecule has 4 nitrogen and oxygen atoms in total. The lowest BCUT2D eigenvalue weighted by Crippen LogP contribution is -2.52. The fourth-order valence-corrected chi connectivity index (χ4v) is 1.38. The Morgan fingerprint density at radius 1 is 1.38 bits per heavy atom. The van der Waals surface area contributed by atoms with E-state index in [1.807, 2.05) is 34.6 Å². The molecule has 1 unspecified atom stereocenters. The van der Waals surface area contributed by atoms with Crippen LogP contribution in [0.15, 0.2) is 0 Å². The summed E-state index contributed by atoms with van der Waals surface area (Å²) in [6.07, 6.45) is 0.570. The van der Waals surface area contributed by atoms with Gasteiger partial charge < -0.3 is 16.2 Å². The van der Waals surface area contributed by atoms with Crippen LogP contribution >= 0.6 is 0 Å². The molecule has 4 heteroatoms. The summed E-state index contributed by atoms with van der Waals surface area (Å²) in [6, 6.07) is -0.529. The summed E-state index contributed by atoms with van der Waals surface area (Å²) < 4.78 is 0. The van der Waals surface area contributed by atoms with E-state index in [4.69, 9.17) is 10.8 Å². The van der Waals surface area contributed by atoms with Crippen LogP contribution in [-0.4, -0.2) is 29.7 Å². The normalized spacial score (nSPS) is 16.0. The van der Waals surface area contributed by atoms with E-state index in [0.717, 1.165) is 0 Å². The van der Waals surface area contributed by atoms with Crippen molar-refractivity contribution >= 4 is 5.91 Å². The summed E-state index contributed by atoms with van der Waals surface area (Å²) in [5, 5.41) is 11.8. The van der Waals surface area contributed by atoms with Crippen molar-refractivity contribution in [2.75, 3.05) is 6.61 Å². The predicted octanol–water partition coefficient (Wildman–Crippen LogP) is 0.883. The molecule has 0 aliphatic carbocycles. The van der Waals surface area contributed by atoms with Crippen molar-refractivity contribution < 1.29 is 9.90 Å². The standard InChI is InChI=1S/C12H26N2O2/c1-8(2)9(6-7-15)14-11(16)10(13)12(3,4)5/h8-10,15H,6-7,13H2,1-5H3,(H,14,16)/t9?,10-/m1/s1. The number of aliphatic hydroxyl groups excluding tert-OH is 1. The average Bonchev–Trinajstić information content (AvgIpc) is 2.14. The van der Waals surface area contributed by atoms with Crippen LogP contribution in [0.1, 0.15) is 41.0 Å². The number of nitrogens with one attached hydrogen (secondary N) is 1. The first-order chi connectivity index (χ1) is 7.20. The third-order valence-electron chi connectivity index (χ3n) is 2.79. The van der Waals surface area contributed by atoms with E-state index in [-0.39, 0.29) is 24.0 Å². The quantitative estimate of drug-likeness (QED) is 0.656. The van der Waals surface area contributed by atoms with Crippen molar-refractivity contribution in [3.05, 3.63) is 0 Å². The van der Waals surface area contributed by atoms with Crippen molar-refractivity contribution in [1.82, 2.24) is 5.32 Å². The number of nitrogens with two attached hydrogens (primary N) is 1. The maximum atomic E-state index is 11.9. The molecule has 0 aromatic carbocycles. The van der Waals surface area contributed by atoms with Gasteiger partial charge in [0.1, 0.15) is 0 Å². The van der Waals surface area contributed by atoms with E-state index in [1.54, 1.807) is 0 Å². The van der Waals surface area contributed by atoms with Crippen LogP contribution in [0.5, 0.6) is 0 Å². The Bertz CT molecular complexity index is 222. The van der Waals surface area contributed by atoms with Gasteiger partial charge in [0.25, 0.3) is 0 Å². The highest BCUT2D eigenvalue weighted by Gasteiger charge is 2.29. The molecular formula is C12H26N2O2. The Morgan fingerprint density at radius 2 is 1.88 bits per heavy atom. The summed E-state index contributed by atoms with van der Waals surface area (Å²) in [6.45, 7) is 9.93. The van der Waals surface area contributed by atoms with E-state index in [2.05, 4.69) is 5.32 Å².